The molecular formula is C7H12O5S. The lowest BCUT2D eigenvalue weighted by atomic mass is 10.2. The van der Waals surface area contributed by atoms with E-state index in [-0.39, 0.29) is 6.42 Å². The van der Waals surface area contributed by atoms with Crippen LogP contribution in [0, 0.1) is 0 Å². The number of hydrogen-bond acceptors (Lipinski definition) is 4. The highest BCUT2D eigenvalue weighted by Gasteiger charge is 2.14. The van der Waals surface area contributed by atoms with Gasteiger partial charge in [0.25, 0.3) is 10.1 Å². The molecule has 0 fully saturated rings. The summed E-state index contributed by atoms with van der Waals surface area (Å²) in [6, 6.07) is 0. The van der Waals surface area contributed by atoms with Crippen LogP contribution in [-0.4, -0.2) is 35.7 Å². The van der Waals surface area contributed by atoms with Crippen molar-refractivity contribution in [3.05, 3.63) is 12.2 Å². The van der Waals surface area contributed by atoms with Gasteiger partial charge in [0, 0.05) is 6.42 Å². The number of aliphatic hydroxyl groups excluding tert-OH is 1. The highest BCUT2D eigenvalue weighted by Crippen LogP contribution is 1.96. The average Bonchev–Trinajstić information content (AvgIpc) is 1.99. The minimum absolute atomic E-state index is 0.385. The summed E-state index contributed by atoms with van der Waals surface area (Å²) in [6.07, 6.45) is 1.05. The molecule has 0 heterocycles. The van der Waals surface area contributed by atoms with E-state index in [0.29, 0.717) is 0 Å². The van der Waals surface area contributed by atoms with Gasteiger partial charge < -0.3 is 5.11 Å². The fraction of sp³-hybridized carbons (Fsp3) is 0.571. The highest BCUT2D eigenvalue weighted by molar-refractivity contribution is 7.85. The van der Waals surface area contributed by atoms with Gasteiger partial charge in [0.15, 0.2) is 5.78 Å². The molecule has 13 heavy (non-hydrogen) atoms. The first-order valence-electron chi connectivity index (χ1n) is 3.65. The van der Waals surface area contributed by atoms with Crippen LogP contribution in [0.3, 0.4) is 0 Å². The van der Waals surface area contributed by atoms with E-state index >= 15 is 0 Å². The molecule has 1 unspecified atom stereocenters. The van der Waals surface area contributed by atoms with Crippen molar-refractivity contribution in [3.8, 4) is 0 Å². The molecule has 0 aliphatic carbocycles. The Morgan fingerprint density at radius 1 is 1.54 bits per heavy atom. The van der Waals surface area contributed by atoms with Gasteiger partial charge in [-0.3, -0.25) is 9.35 Å². The van der Waals surface area contributed by atoms with E-state index < -0.39 is 27.8 Å². The van der Waals surface area contributed by atoms with E-state index in [1.165, 1.54) is 12.2 Å². The minimum Gasteiger partial charge on any atom is -0.381 e. The average molecular weight is 208 g/mol. The number of carbonyl (C=O) groups is 1. The van der Waals surface area contributed by atoms with Gasteiger partial charge in [-0.1, -0.05) is 12.2 Å². The highest BCUT2D eigenvalue weighted by atomic mass is 32.2. The summed E-state index contributed by atoms with van der Waals surface area (Å²) in [4.78, 5) is 10.9. The van der Waals surface area contributed by atoms with E-state index in [0.717, 1.165) is 0 Å². The molecule has 2 N–H and O–H groups in total. The standard InChI is InChI=1S/C7H12O5S/c1-2-3-6(8)7(9)4-5-13(10,11)12/h2-3,6,8H,4-5H2,1H3,(H,10,11,12). The molecule has 76 valence electrons. The van der Waals surface area contributed by atoms with Crippen LogP contribution in [0.25, 0.3) is 0 Å². The SMILES string of the molecule is CC=CC(O)C(=O)CCS(=O)(=O)O. The lowest BCUT2D eigenvalue weighted by molar-refractivity contribution is -0.124. The Labute approximate surface area is 76.8 Å². The molecule has 0 aromatic rings. The van der Waals surface area contributed by atoms with Crippen molar-refractivity contribution in [2.45, 2.75) is 19.4 Å². The molecule has 6 heteroatoms. The Balaban J connectivity index is 4.03. The number of carbonyl (C=O) groups excluding carboxylic acids is 1. The van der Waals surface area contributed by atoms with Crippen LogP contribution in [0.1, 0.15) is 13.3 Å². The lowest BCUT2D eigenvalue weighted by Gasteiger charge is -2.02. The Morgan fingerprint density at radius 3 is 2.46 bits per heavy atom. The predicted molar refractivity (Wildman–Crippen MR) is 46.9 cm³/mol. The summed E-state index contributed by atoms with van der Waals surface area (Å²) in [6.45, 7) is 1.62. The number of aliphatic hydroxyl groups is 1. The molecule has 0 saturated heterocycles. The lowest BCUT2D eigenvalue weighted by Crippen LogP contribution is -2.20. The van der Waals surface area contributed by atoms with Gasteiger partial charge >= 0.3 is 0 Å². The van der Waals surface area contributed by atoms with Gasteiger partial charge in [0.1, 0.15) is 6.10 Å². The summed E-state index contributed by atoms with van der Waals surface area (Å²) in [7, 11) is -4.12. The van der Waals surface area contributed by atoms with Crippen molar-refractivity contribution in [1.82, 2.24) is 0 Å². The number of Topliss-reactive ketones (excluding diaryl/α,β-unsaturated/α-hetero) is 1. The van der Waals surface area contributed by atoms with Crippen molar-refractivity contribution in [2.75, 3.05) is 5.75 Å². The molecule has 0 rings (SSSR count). The number of hydrogen-bond donors (Lipinski definition) is 2. The van der Waals surface area contributed by atoms with Gasteiger partial charge in [0.2, 0.25) is 0 Å². The van der Waals surface area contributed by atoms with Crippen LogP contribution < -0.4 is 0 Å². The van der Waals surface area contributed by atoms with Crippen LogP contribution in [0.15, 0.2) is 12.2 Å². The van der Waals surface area contributed by atoms with Crippen LogP contribution >= 0.6 is 0 Å². The zero-order chi connectivity index (χ0) is 10.5. The van der Waals surface area contributed by atoms with Gasteiger partial charge in [-0.15, -0.1) is 0 Å². The molecule has 0 radical (unpaired) electrons. The van der Waals surface area contributed by atoms with Gasteiger partial charge in [-0.25, -0.2) is 0 Å². The van der Waals surface area contributed by atoms with Gasteiger partial charge in [-0.2, -0.15) is 8.42 Å². The molecule has 5 nitrogen and oxygen atoms in total. The van der Waals surface area contributed by atoms with Crippen LogP contribution in [0.2, 0.25) is 0 Å². The summed E-state index contributed by atoms with van der Waals surface area (Å²) in [5.41, 5.74) is 0. The number of allylic oxidation sites excluding steroid dienone is 1. The van der Waals surface area contributed by atoms with E-state index in [4.69, 9.17) is 9.66 Å². The molecule has 0 spiro atoms. The fourth-order valence-corrected chi connectivity index (χ4v) is 1.13. The third-order valence-electron chi connectivity index (χ3n) is 1.31. The first-order chi connectivity index (χ1) is 5.87. The van der Waals surface area contributed by atoms with Gasteiger partial charge in [0.05, 0.1) is 5.75 Å². The van der Waals surface area contributed by atoms with E-state index in [9.17, 15) is 13.2 Å². The minimum atomic E-state index is -4.12. The molecule has 0 aliphatic rings. The van der Waals surface area contributed by atoms with Crippen LogP contribution in [0.5, 0.6) is 0 Å². The van der Waals surface area contributed by atoms with Crippen molar-refractivity contribution in [2.24, 2.45) is 0 Å². The first kappa shape index (κ1) is 12.3. The Morgan fingerprint density at radius 2 is 2.08 bits per heavy atom. The molecule has 0 aliphatic heterocycles. The Hall–Kier alpha value is -0.720. The maximum Gasteiger partial charge on any atom is 0.265 e. The molecule has 0 aromatic carbocycles. The third-order valence-corrected chi connectivity index (χ3v) is 2.03. The predicted octanol–water partition coefficient (Wildman–Crippen LogP) is -0.230. The maximum absolute atomic E-state index is 10.9. The summed E-state index contributed by atoms with van der Waals surface area (Å²) in [5.74, 6) is -1.28. The topological polar surface area (TPSA) is 91.7 Å². The molecule has 0 bridgehead atoms. The first-order valence-corrected chi connectivity index (χ1v) is 5.26. The summed E-state index contributed by atoms with van der Waals surface area (Å²) in [5, 5.41) is 9.00. The van der Waals surface area contributed by atoms with Crippen LogP contribution in [0.4, 0.5) is 0 Å². The van der Waals surface area contributed by atoms with Gasteiger partial charge in [-0.05, 0) is 6.92 Å². The number of rotatable bonds is 5. The van der Waals surface area contributed by atoms with Crippen molar-refractivity contribution >= 4 is 15.9 Å². The van der Waals surface area contributed by atoms with E-state index in [2.05, 4.69) is 0 Å². The fourth-order valence-electron chi connectivity index (χ4n) is 0.667. The molecule has 1 atom stereocenters. The van der Waals surface area contributed by atoms with Crippen molar-refractivity contribution < 1.29 is 22.9 Å². The smallest absolute Gasteiger partial charge is 0.265 e. The molecule has 0 saturated carbocycles. The zero-order valence-electron chi connectivity index (χ0n) is 7.17. The molecular weight excluding hydrogens is 196 g/mol. The zero-order valence-corrected chi connectivity index (χ0v) is 7.99. The number of ketones is 1. The maximum atomic E-state index is 10.9. The summed E-state index contributed by atoms with van der Waals surface area (Å²) >= 11 is 0. The Bertz CT molecular complexity index is 290. The second-order valence-electron chi connectivity index (χ2n) is 2.47. The quantitative estimate of drug-likeness (QED) is 0.481. The van der Waals surface area contributed by atoms with Crippen molar-refractivity contribution in [3.63, 3.8) is 0 Å². The van der Waals surface area contributed by atoms with E-state index in [1.54, 1.807) is 6.92 Å². The Kier molecular flexibility index (Phi) is 4.82. The monoisotopic (exact) mass is 208 g/mol. The normalized spacial score (nSPS) is 14.7. The third kappa shape index (κ3) is 6.44. The molecule has 0 aromatic heterocycles. The molecule has 0 amide bonds. The summed E-state index contributed by atoms with van der Waals surface area (Å²) < 4.78 is 28.7. The van der Waals surface area contributed by atoms with Crippen LogP contribution in [-0.2, 0) is 14.9 Å². The second-order valence-corrected chi connectivity index (χ2v) is 4.05. The van der Waals surface area contributed by atoms with Crippen molar-refractivity contribution in [1.29, 1.82) is 0 Å². The van der Waals surface area contributed by atoms with E-state index in [1.807, 2.05) is 0 Å². The second kappa shape index (κ2) is 5.11. The largest absolute Gasteiger partial charge is 0.381 e.